The lowest BCUT2D eigenvalue weighted by molar-refractivity contribution is -0.148. The second-order valence-corrected chi connectivity index (χ2v) is 9.66. The largest absolute Gasteiger partial charge is 0.417 e. The van der Waals surface area contributed by atoms with Gasteiger partial charge in [0.15, 0.2) is 0 Å². The minimum Gasteiger partial charge on any atom is -0.381 e. The fourth-order valence-electron chi connectivity index (χ4n) is 5.28. The van der Waals surface area contributed by atoms with Crippen molar-refractivity contribution in [3.8, 4) is 0 Å². The van der Waals surface area contributed by atoms with Gasteiger partial charge in [0, 0.05) is 51.8 Å². The van der Waals surface area contributed by atoms with Crippen molar-refractivity contribution >= 4 is 27.7 Å². The zero-order chi connectivity index (χ0) is 27.4. The van der Waals surface area contributed by atoms with Crippen molar-refractivity contribution in [1.29, 1.82) is 0 Å². The molecule has 3 aromatic rings. The summed E-state index contributed by atoms with van der Waals surface area (Å²) < 4.78 is 88.9. The summed E-state index contributed by atoms with van der Waals surface area (Å²) in [6.45, 7) is -0.736. The molecule has 38 heavy (non-hydrogen) atoms. The number of halogens is 6. The number of benzene rings is 1. The maximum atomic E-state index is 14.2. The van der Waals surface area contributed by atoms with E-state index in [9.17, 15) is 35.9 Å². The molecule has 2 aliphatic rings. The normalized spacial score (nSPS) is 18.6. The third kappa shape index (κ3) is 4.86. The molecule has 0 radical (unpaired) electrons. The predicted molar refractivity (Wildman–Crippen MR) is 125 cm³/mol. The highest BCUT2D eigenvalue weighted by atomic mass is 19.4. The van der Waals surface area contributed by atoms with Crippen LogP contribution in [0.3, 0.4) is 0 Å². The highest BCUT2D eigenvalue weighted by Crippen LogP contribution is 2.37. The Bertz CT molecular complexity index is 1430. The van der Waals surface area contributed by atoms with Crippen LogP contribution in [0.25, 0.3) is 21.8 Å². The molecule has 8 nitrogen and oxygen atoms in total. The van der Waals surface area contributed by atoms with Gasteiger partial charge in [-0.2, -0.15) is 31.4 Å². The van der Waals surface area contributed by atoms with Gasteiger partial charge in [0.2, 0.25) is 0 Å². The monoisotopic (exact) mass is 545 g/mol. The number of ether oxygens (including phenoxy) is 1. The SMILES string of the molecule is Cn1c(=O)c2cnn(C3CCOCC3)c2c2cc(C(=O)N3CCN(CC(F)(F)F)CC3)c(C(F)(F)F)cc21. The molecule has 0 aliphatic carbocycles. The van der Waals surface area contributed by atoms with E-state index in [1.54, 1.807) is 4.68 Å². The Morgan fingerprint density at radius 3 is 2.29 bits per heavy atom. The molecule has 1 aromatic carbocycles. The van der Waals surface area contributed by atoms with Gasteiger partial charge >= 0.3 is 12.4 Å². The van der Waals surface area contributed by atoms with Gasteiger partial charge in [-0.05, 0) is 25.0 Å². The fourth-order valence-corrected chi connectivity index (χ4v) is 5.28. The maximum absolute atomic E-state index is 14.2. The zero-order valence-electron chi connectivity index (χ0n) is 20.4. The maximum Gasteiger partial charge on any atom is 0.417 e. The molecule has 0 unspecified atom stereocenters. The van der Waals surface area contributed by atoms with Gasteiger partial charge in [-0.3, -0.25) is 19.2 Å². The summed E-state index contributed by atoms with van der Waals surface area (Å²) in [4.78, 5) is 28.7. The number of fused-ring (bicyclic) bond motifs is 3. The average Bonchev–Trinajstić information content (AvgIpc) is 3.31. The molecule has 5 rings (SSSR count). The van der Waals surface area contributed by atoms with Gasteiger partial charge < -0.3 is 14.2 Å². The number of aromatic nitrogens is 3. The Balaban J connectivity index is 1.62. The van der Waals surface area contributed by atoms with E-state index in [4.69, 9.17) is 4.74 Å². The molecule has 14 heteroatoms. The number of alkyl halides is 6. The highest BCUT2D eigenvalue weighted by Gasteiger charge is 2.39. The number of pyridine rings is 1. The van der Waals surface area contributed by atoms with Gasteiger partial charge in [0.25, 0.3) is 11.5 Å². The molecule has 0 saturated carbocycles. The summed E-state index contributed by atoms with van der Waals surface area (Å²) in [7, 11) is 1.36. The molecule has 0 N–H and O–H groups in total. The number of amides is 1. The molecule has 4 heterocycles. The molecule has 2 aromatic heterocycles. The number of carbonyl (C=O) groups is 1. The molecular formula is C24H25F6N5O3. The van der Waals surface area contributed by atoms with Gasteiger partial charge in [-0.25, -0.2) is 0 Å². The van der Waals surface area contributed by atoms with E-state index in [0.717, 1.165) is 26.5 Å². The van der Waals surface area contributed by atoms with E-state index in [1.165, 1.54) is 13.2 Å². The van der Waals surface area contributed by atoms with Crippen LogP contribution in [-0.2, 0) is 18.0 Å². The van der Waals surface area contributed by atoms with Gasteiger partial charge in [-0.1, -0.05) is 0 Å². The Kier molecular flexibility index (Phi) is 6.66. The third-order valence-electron chi connectivity index (χ3n) is 7.22. The Morgan fingerprint density at radius 1 is 1.03 bits per heavy atom. The van der Waals surface area contributed by atoms with Gasteiger partial charge in [-0.15, -0.1) is 0 Å². The van der Waals surface area contributed by atoms with Crippen molar-refractivity contribution in [3.63, 3.8) is 0 Å². The van der Waals surface area contributed by atoms with Crippen LogP contribution in [0.5, 0.6) is 0 Å². The first-order chi connectivity index (χ1) is 17.8. The molecular weight excluding hydrogens is 520 g/mol. The van der Waals surface area contributed by atoms with Crippen LogP contribution in [0.2, 0.25) is 0 Å². The molecule has 0 spiro atoms. The summed E-state index contributed by atoms with van der Waals surface area (Å²) in [5.74, 6) is -0.926. The van der Waals surface area contributed by atoms with Crippen LogP contribution < -0.4 is 5.56 Å². The molecule has 1 amide bonds. The number of hydrogen-bond donors (Lipinski definition) is 0. The van der Waals surface area contributed by atoms with Crippen LogP contribution in [0.1, 0.15) is 34.8 Å². The van der Waals surface area contributed by atoms with Crippen molar-refractivity contribution in [2.24, 2.45) is 7.05 Å². The summed E-state index contributed by atoms with van der Waals surface area (Å²) >= 11 is 0. The fraction of sp³-hybridized carbons (Fsp3) is 0.542. The topological polar surface area (TPSA) is 72.6 Å². The Labute approximate surface area is 212 Å². The van der Waals surface area contributed by atoms with Crippen LogP contribution in [-0.4, -0.2) is 82.2 Å². The van der Waals surface area contributed by atoms with E-state index in [2.05, 4.69) is 5.10 Å². The number of rotatable bonds is 3. The van der Waals surface area contributed by atoms with E-state index in [-0.39, 0.29) is 48.5 Å². The first-order valence-electron chi connectivity index (χ1n) is 12.1. The Hall–Kier alpha value is -3.13. The van der Waals surface area contributed by atoms with Crippen LogP contribution in [0, 0.1) is 0 Å². The number of carbonyl (C=O) groups excluding carboxylic acids is 1. The minimum atomic E-state index is -4.91. The van der Waals surface area contributed by atoms with Crippen LogP contribution in [0.4, 0.5) is 26.3 Å². The van der Waals surface area contributed by atoms with Crippen molar-refractivity contribution in [2.45, 2.75) is 31.2 Å². The smallest absolute Gasteiger partial charge is 0.381 e. The summed E-state index contributed by atoms with van der Waals surface area (Å²) in [6.07, 6.45) is -6.75. The number of piperazine rings is 1. The average molecular weight is 545 g/mol. The standard InChI is InChI=1S/C24H25F6N5O3/c1-32-19-11-18(24(28,29)30)15(22(37)34-6-4-33(5-7-34)13-23(25,26)27)10-16(19)20-17(21(32)36)12-31-35(20)14-2-8-38-9-3-14/h10-12,14H,2-9,13H2,1H3. The summed E-state index contributed by atoms with van der Waals surface area (Å²) in [6, 6.07) is 1.80. The van der Waals surface area contributed by atoms with Crippen molar-refractivity contribution < 1.29 is 35.9 Å². The second kappa shape index (κ2) is 9.56. The molecule has 0 atom stereocenters. The summed E-state index contributed by atoms with van der Waals surface area (Å²) in [5.41, 5.74) is -2.00. The first-order valence-corrected chi connectivity index (χ1v) is 12.1. The second-order valence-electron chi connectivity index (χ2n) is 9.66. The number of nitrogens with zero attached hydrogens (tertiary/aromatic N) is 5. The van der Waals surface area contributed by atoms with E-state index in [0.29, 0.717) is 31.6 Å². The lowest BCUT2D eigenvalue weighted by Crippen LogP contribution is -2.51. The molecule has 2 fully saturated rings. The summed E-state index contributed by atoms with van der Waals surface area (Å²) in [5, 5.41) is 4.85. The van der Waals surface area contributed by atoms with E-state index in [1.807, 2.05) is 0 Å². The van der Waals surface area contributed by atoms with Crippen molar-refractivity contribution in [1.82, 2.24) is 24.1 Å². The van der Waals surface area contributed by atoms with Crippen molar-refractivity contribution in [3.05, 3.63) is 39.8 Å². The number of hydrogen-bond acceptors (Lipinski definition) is 5. The lowest BCUT2D eigenvalue weighted by Gasteiger charge is -2.35. The van der Waals surface area contributed by atoms with Gasteiger partial charge in [0.05, 0.1) is 46.3 Å². The van der Waals surface area contributed by atoms with Gasteiger partial charge in [0.1, 0.15) is 0 Å². The predicted octanol–water partition coefficient (Wildman–Crippen LogP) is 3.58. The molecule has 0 bridgehead atoms. The third-order valence-corrected chi connectivity index (χ3v) is 7.22. The quantitative estimate of drug-likeness (QED) is 0.471. The Morgan fingerprint density at radius 2 is 1.68 bits per heavy atom. The molecule has 2 saturated heterocycles. The van der Waals surface area contributed by atoms with Crippen molar-refractivity contribution in [2.75, 3.05) is 45.9 Å². The lowest BCUT2D eigenvalue weighted by atomic mass is 9.99. The first kappa shape index (κ1) is 26.5. The van der Waals surface area contributed by atoms with Crippen LogP contribution in [0.15, 0.2) is 23.1 Å². The van der Waals surface area contributed by atoms with Crippen LogP contribution >= 0.6 is 0 Å². The molecule has 206 valence electrons. The minimum absolute atomic E-state index is 0.00446. The number of aryl methyl sites for hydroxylation is 1. The van der Waals surface area contributed by atoms with E-state index < -0.39 is 41.5 Å². The highest BCUT2D eigenvalue weighted by molar-refractivity contribution is 6.08. The van der Waals surface area contributed by atoms with E-state index >= 15 is 0 Å². The molecule has 2 aliphatic heterocycles. The zero-order valence-corrected chi connectivity index (χ0v) is 20.4.